The third kappa shape index (κ3) is 4.74. The first-order valence-electron chi connectivity index (χ1n) is 15.3. The van der Waals surface area contributed by atoms with Crippen LogP contribution >= 0.6 is 0 Å². The number of rotatable bonds is 7. The van der Waals surface area contributed by atoms with E-state index >= 15 is 4.39 Å². The van der Waals surface area contributed by atoms with E-state index in [4.69, 9.17) is 5.73 Å². The summed E-state index contributed by atoms with van der Waals surface area (Å²) >= 11 is 0. The molecule has 2 aliphatic carbocycles. The van der Waals surface area contributed by atoms with Gasteiger partial charge in [0.25, 0.3) is 5.91 Å². The summed E-state index contributed by atoms with van der Waals surface area (Å²) in [5, 5.41) is 15.6. The van der Waals surface area contributed by atoms with Gasteiger partial charge in [-0.25, -0.2) is 8.78 Å². The number of nitrogens with zero attached hydrogens (tertiary/aromatic N) is 5. The Bertz CT molecular complexity index is 1810. The number of hydrogen-bond donors (Lipinski definition) is 2. The molecule has 4 aromatic rings. The van der Waals surface area contributed by atoms with Crippen LogP contribution in [0, 0.1) is 23.6 Å². The minimum absolute atomic E-state index is 0.0159. The van der Waals surface area contributed by atoms with E-state index in [-0.39, 0.29) is 42.9 Å². The molecule has 3 N–H and O–H groups in total. The van der Waals surface area contributed by atoms with E-state index in [9.17, 15) is 18.8 Å². The standard InChI is InChI=1S/C33H33F2N7O3/c1-18-19-6-8-22(12-19)33(18,25-4-2-3-5-26(25)35)39-32(45)28-14-23(34)16-41(28)29(43)17-42-27-9-7-20(21-10-11-37-38-15-21)13-24(27)30(40-42)31(36)44/h2-5,7,9-11,13,15,18-19,22-23,28H,6,8,12,14,16-17H2,1H3,(H2,36,44)(H,39,45). The average Bonchev–Trinajstić information content (AvgIpc) is 3.81. The van der Waals surface area contributed by atoms with Crippen LogP contribution in [0.5, 0.6) is 0 Å². The normalized spacial score (nSPS) is 27.3. The number of halogens is 2. The van der Waals surface area contributed by atoms with Crippen molar-refractivity contribution in [1.82, 2.24) is 30.2 Å². The summed E-state index contributed by atoms with van der Waals surface area (Å²) < 4.78 is 31.6. The lowest BCUT2D eigenvalue weighted by molar-refractivity contribution is -0.140. The van der Waals surface area contributed by atoms with Gasteiger partial charge in [0.05, 0.1) is 30.0 Å². The van der Waals surface area contributed by atoms with Crippen LogP contribution in [-0.2, 0) is 21.7 Å². The maximum Gasteiger partial charge on any atom is 0.269 e. The van der Waals surface area contributed by atoms with E-state index in [0.717, 1.165) is 30.4 Å². The molecule has 0 spiro atoms. The maximum atomic E-state index is 15.3. The van der Waals surface area contributed by atoms with Gasteiger partial charge < -0.3 is 16.0 Å². The summed E-state index contributed by atoms with van der Waals surface area (Å²) in [5.74, 6) is -1.83. The highest BCUT2D eigenvalue weighted by Gasteiger charge is 2.59. The predicted octanol–water partition coefficient (Wildman–Crippen LogP) is 3.75. The monoisotopic (exact) mass is 613 g/mol. The van der Waals surface area contributed by atoms with Crippen molar-refractivity contribution in [2.75, 3.05) is 6.54 Å². The van der Waals surface area contributed by atoms with Gasteiger partial charge >= 0.3 is 0 Å². The first kappa shape index (κ1) is 29.0. The van der Waals surface area contributed by atoms with Gasteiger partial charge in [-0.15, -0.1) is 0 Å². The molecule has 6 atom stereocenters. The van der Waals surface area contributed by atoms with Crippen LogP contribution in [0.3, 0.4) is 0 Å². The van der Waals surface area contributed by atoms with E-state index in [1.54, 1.807) is 54.9 Å². The average molecular weight is 614 g/mol. The molecule has 3 heterocycles. The number of fused-ring (bicyclic) bond motifs is 3. The zero-order valence-corrected chi connectivity index (χ0v) is 24.7. The fourth-order valence-corrected chi connectivity index (χ4v) is 8.11. The predicted molar refractivity (Wildman–Crippen MR) is 161 cm³/mol. The Balaban J connectivity index is 1.17. The van der Waals surface area contributed by atoms with E-state index in [1.165, 1.54) is 15.6 Å². The first-order chi connectivity index (χ1) is 21.7. The Morgan fingerprint density at radius 3 is 2.60 bits per heavy atom. The van der Waals surface area contributed by atoms with Crippen LogP contribution in [-0.4, -0.2) is 61.4 Å². The lowest BCUT2D eigenvalue weighted by Crippen LogP contribution is -2.58. The summed E-state index contributed by atoms with van der Waals surface area (Å²) in [4.78, 5) is 41.3. The molecule has 1 saturated heterocycles. The van der Waals surface area contributed by atoms with Gasteiger partial charge in [-0.3, -0.25) is 19.1 Å². The lowest BCUT2D eigenvalue weighted by atomic mass is 9.69. The second kappa shape index (κ2) is 11.0. The molecule has 6 unspecified atom stereocenters. The topological polar surface area (TPSA) is 136 Å². The van der Waals surface area contributed by atoms with Crippen molar-refractivity contribution in [3.8, 4) is 11.1 Å². The summed E-state index contributed by atoms with van der Waals surface area (Å²) in [7, 11) is 0. The van der Waals surface area contributed by atoms with Crippen molar-refractivity contribution in [1.29, 1.82) is 0 Å². The molecule has 0 radical (unpaired) electrons. The van der Waals surface area contributed by atoms with Gasteiger partial charge in [0.2, 0.25) is 11.8 Å². The lowest BCUT2D eigenvalue weighted by Gasteiger charge is -2.45. The third-order valence-corrected chi connectivity index (χ3v) is 10.3. The Morgan fingerprint density at radius 2 is 1.89 bits per heavy atom. The minimum Gasteiger partial charge on any atom is -0.364 e. The fraction of sp³-hybridized carbons (Fsp3) is 0.394. The van der Waals surface area contributed by atoms with Crippen LogP contribution in [0.1, 0.15) is 48.7 Å². The molecule has 1 aliphatic heterocycles. The van der Waals surface area contributed by atoms with Crippen LogP contribution < -0.4 is 11.1 Å². The van der Waals surface area contributed by atoms with Crippen molar-refractivity contribution >= 4 is 28.6 Å². The smallest absolute Gasteiger partial charge is 0.269 e. The van der Waals surface area contributed by atoms with E-state index in [0.29, 0.717) is 22.4 Å². The first-order valence-corrected chi connectivity index (χ1v) is 15.3. The molecule has 2 aromatic carbocycles. The number of alkyl halides is 1. The molecule has 45 heavy (non-hydrogen) atoms. The van der Waals surface area contributed by atoms with Crippen LogP contribution in [0.15, 0.2) is 60.9 Å². The number of nitrogens with one attached hydrogen (secondary N) is 1. The second-order valence-corrected chi connectivity index (χ2v) is 12.5. The highest BCUT2D eigenvalue weighted by atomic mass is 19.1. The van der Waals surface area contributed by atoms with Gasteiger partial charge in [0, 0.05) is 22.9 Å². The fourth-order valence-electron chi connectivity index (χ4n) is 8.11. The highest BCUT2D eigenvalue weighted by molar-refractivity contribution is 6.05. The number of primary amides is 1. The van der Waals surface area contributed by atoms with E-state index < -0.39 is 35.5 Å². The Labute approximate surface area is 258 Å². The number of likely N-dealkylation sites (tertiary alicyclic amines) is 1. The summed E-state index contributed by atoms with van der Waals surface area (Å²) in [5.41, 5.74) is 7.12. The van der Waals surface area contributed by atoms with Gasteiger partial charge in [-0.2, -0.15) is 15.3 Å². The Kier molecular flexibility index (Phi) is 7.09. The molecule has 3 fully saturated rings. The quantitative estimate of drug-likeness (QED) is 0.326. The van der Waals surface area contributed by atoms with Crippen molar-refractivity contribution < 1.29 is 23.2 Å². The molecule has 232 valence electrons. The Hall–Kier alpha value is -4.74. The number of nitrogens with two attached hydrogens (primary N) is 1. The minimum atomic E-state index is -1.40. The van der Waals surface area contributed by atoms with E-state index in [2.05, 4.69) is 20.6 Å². The van der Waals surface area contributed by atoms with Gasteiger partial charge in [0.1, 0.15) is 24.6 Å². The molecule has 12 heteroatoms. The van der Waals surface area contributed by atoms with Gasteiger partial charge in [0.15, 0.2) is 5.69 Å². The van der Waals surface area contributed by atoms with Gasteiger partial charge in [-0.1, -0.05) is 31.2 Å². The molecule has 3 amide bonds. The van der Waals surface area contributed by atoms with Gasteiger partial charge in [-0.05, 0) is 66.8 Å². The summed E-state index contributed by atoms with van der Waals surface area (Å²) in [6, 6.07) is 12.5. The summed E-state index contributed by atoms with van der Waals surface area (Å²) in [6.07, 6.45) is 4.32. The number of carbonyl (C=O) groups excluding carboxylic acids is 3. The number of carbonyl (C=O) groups is 3. The van der Waals surface area contributed by atoms with Crippen molar-refractivity contribution in [2.24, 2.45) is 23.5 Å². The molecule has 3 aliphatic rings. The molecule has 2 aromatic heterocycles. The number of benzene rings is 2. The molecule has 2 saturated carbocycles. The van der Waals surface area contributed by atoms with Crippen LogP contribution in [0.4, 0.5) is 8.78 Å². The Morgan fingerprint density at radius 1 is 1.07 bits per heavy atom. The maximum absolute atomic E-state index is 15.3. The SMILES string of the molecule is CC1C2CCC(C2)C1(NC(=O)C1CC(F)CN1C(=O)Cn1nc(C(N)=O)c2cc(-c3ccnnc3)ccc21)c1ccccc1F. The number of amides is 3. The summed E-state index contributed by atoms with van der Waals surface area (Å²) in [6.45, 7) is 1.45. The zero-order chi connectivity index (χ0) is 31.5. The third-order valence-electron chi connectivity index (χ3n) is 10.3. The number of hydrogen-bond acceptors (Lipinski definition) is 6. The molecular formula is C33H33F2N7O3. The second-order valence-electron chi connectivity index (χ2n) is 12.5. The van der Waals surface area contributed by atoms with E-state index in [1.807, 2.05) is 6.92 Å². The molecule has 10 nitrogen and oxygen atoms in total. The highest BCUT2D eigenvalue weighted by Crippen LogP contribution is 2.59. The van der Waals surface area contributed by atoms with Crippen molar-refractivity contribution in [3.05, 3.63) is 78.0 Å². The van der Waals surface area contributed by atoms with Crippen molar-refractivity contribution in [2.45, 2.75) is 56.9 Å². The van der Waals surface area contributed by atoms with Crippen LogP contribution in [0.2, 0.25) is 0 Å². The van der Waals surface area contributed by atoms with Crippen LogP contribution in [0.25, 0.3) is 22.0 Å². The van der Waals surface area contributed by atoms with Crippen molar-refractivity contribution in [3.63, 3.8) is 0 Å². The molecule has 7 rings (SSSR count). The zero-order valence-electron chi connectivity index (χ0n) is 24.7. The number of aromatic nitrogens is 4. The largest absolute Gasteiger partial charge is 0.364 e. The molecule has 2 bridgehead atoms. The molecular weight excluding hydrogens is 580 g/mol.